The molecule has 0 radical (unpaired) electrons. The lowest BCUT2D eigenvalue weighted by atomic mass is 10.1. The van der Waals surface area contributed by atoms with Crippen LogP contribution in [0.5, 0.6) is 11.5 Å². The summed E-state index contributed by atoms with van der Waals surface area (Å²) in [6, 6.07) is 9.55. The van der Waals surface area contributed by atoms with Crippen molar-refractivity contribution in [3.05, 3.63) is 48.3 Å². The largest absolute Gasteiger partial charge is 0.493 e. The molecule has 2 N–H and O–H groups in total. The highest BCUT2D eigenvalue weighted by molar-refractivity contribution is 5.50. The van der Waals surface area contributed by atoms with E-state index in [0.717, 1.165) is 24.3 Å². The van der Waals surface area contributed by atoms with Gasteiger partial charge in [-0.2, -0.15) is 0 Å². The van der Waals surface area contributed by atoms with Crippen LogP contribution >= 0.6 is 0 Å². The molecule has 0 atom stereocenters. The third-order valence-electron chi connectivity index (χ3n) is 2.90. The third kappa shape index (κ3) is 5.34. The van der Waals surface area contributed by atoms with Crippen LogP contribution in [0.3, 0.4) is 0 Å². The predicted molar refractivity (Wildman–Crippen MR) is 84.7 cm³/mol. The molecule has 0 saturated carbocycles. The fraction of sp³-hybridized carbons (Fsp3) is 0.353. The Morgan fingerprint density at radius 2 is 1.81 bits per heavy atom. The van der Waals surface area contributed by atoms with Gasteiger partial charge in [0.1, 0.15) is 11.5 Å². The highest BCUT2D eigenvalue weighted by Gasteiger charge is 2.03. The molecular formula is C17H22N2O2. The van der Waals surface area contributed by atoms with Gasteiger partial charge in [-0.3, -0.25) is 4.98 Å². The first-order valence-corrected chi connectivity index (χ1v) is 7.22. The van der Waals surface area contributed by atoms with Crippen molar-refractivity contribution in [2.24, 2.45) is 0 Å². The van der Waals surface area contributed by atoms with Crippen molar-refractivity contribution in [3.63, 3.8) is 0 Å². The molecule has 4 nitrogen and oxygen atoms in total. The molecule has 21 heavy (non-hydrogen) atoms. The van der Waals surface area contributed by atoms with Gasteiger partial charge in [-0.25, -0.2) is 0 Å². The lowest BCUT2D eigenvalue weighted by Crippen LogP contribution is -2.06. The van der Waals surface area contributed by atoms with E-state index in [1.54, 1.807) is 0 Å². The third-order valence-corrected chi connectivity index (χ3v) is 2.90. The number of nitrogens with two attached hydrogens (primary N) is 1. The van der Waals surface area contributed by atoms with Gasteiger partial charge in [-0.15, -0.1) is 0 Å². The maximum absolute atomic E-state index is 5.86. The number of hydrogen-bond donors (Lipinski definition) is 1. The highest BCUT2D eigenvalue weighted by atomic mass is 16.5. The molecule has 0 aliphatic carbocycles. The molecule has 0 unspecified atom stereocenters. The SMILES string of the molecule is CC(C)Oc1cc(N)cc(OCCCc2ccncc2)c1. The molecular weight excluding hydrogens is 264 g/mol. The Bertz CT molecular complexity index is 556. The number of rotatable bonds is 7. The second-order valence-electron chi connectivity index (χ2n) is 5.21. The van der Waals surface area contributed by atoms with E-state index in [4.69, 9.17) is 15.2 Å². The first-order chi connectivity index (χ1) is 10.1. The second kappa shape index (κ2) is 7.53. The quantitative estimate of drug-likeness (QED) is 0.625. The van der Waals surface area contributed by atoms with Crippen molar-refractivity contribution >= 4 is 5.69 Å². The van der Waals surface area contributed by atoms with E-state index in [9.17, 15) is 0 Å². The van der Waals surface area contributed by atoms with Gasteiger partial charge in [0.05, 0.1) is 12.7 Å². The summed E-state index contributed by atoms with van der Waals surface area (Å²) in [6.07, 6.45) is 5.65. The van der Waals surface area contributed by atoms with Crippen molar-refractivity contribution in [3.8, 4) is 11.5 Å². The summed E-state index contributed by atoms with van der Waals surface area (Å²) >= 11 is 0. The number of aryl methyl sites for hydroxylation is 1. The molecule has 0 aliphatic heterocycles. The summed E-state index contributed by atoms with van der Waals surface area (Å²) < 4.78 is 11.4. The number of nitrogens with zero attached hydrogens (tertiary/aromatic N) is 1. The summed E-state index contributed by atoms with van der Waals surface area (Å²) in [7, 11) is 0. The van der Waals surface area contributed by atoms with Crippen LogP contribution in [0.25, 0.3) is 0 Å². The molecule has 112 valence electrons. The van der Waals surface area contributed by atoms with Gasteiger partial charge < -0.3 is 15.2 Å². The average molecular weight is 286 g/mol. The van der Waals surface area contributed by atoms with Crippen LogP contribution in [-0.4, -0.2) is 17.7 Å². The highest BCUT2D eigenvalue weighted by Crippen LogP contribution is 2.25. The zero-order chi connectivity index (χ0) is 15.1. The van der Waals surface area contributed by atoms with Gasteiger partial charge in [-0.1, -0.05) is 0 Å². The zero-order valence-corrected chi connectivity index (χ0v) is 12.6. The van der Waals surface area contributed by atoms with E-state index in [2.05, 4.69) is 4.98 Å². The Morgan fingerprint density at radius 1 is 1.10 bits per heavy atom. The van der Waals surface area contributed by atoms with Gasteiger partial charge in [0.2, 0.25) is 0 Å². The van der Waals surface area contributed by atoms with Crippen molar-refractivity contribution in [2.75, 3.05) is 12.3 Å². The Labute approximate surface area is 125 Å². The fourth-order valence-electron chi connectivity index (χ4n) is 2.03. The number of ether oxygens (including phenoxy) is 2. The van der Waals surface area contributed by atoms with E-state index < -0.39 is 0 Å². The Balaban J connectivity index is 1.84. The summed E-state index contributed by atoms with van der Waals surface area (Å²) in [6.45, 7) is 4.61. The number of nitrogen functional groups attached to an aromatic ring is 1. The number of hydrogen-bond acceptors (Lipinski definition) is 4. The van der Waals surface area contributed by atoms with E-state index >= 15 is 0 Å². The normalized spacial score (nSPS) is 10.6. The second-order valence-corrected chi connectivity index (χ2v) is 5.21. The first kappa shape index (κ1) is 15.2. The van der Waals surface area contributed by atoms with E-state index in [1.807, 2.05) is 56.6 Å². The number of aromatic nitrogens is 1. The first-order valence-electron chi connectivity index (χ1n) is 7.22. The predicted octanol–water partition coefficient (Wildman–Crippen LogP) is 3.46. The molecule has 4 heteroatoms. The lowest BCUT2D eigenvalue weighted by Gasteiger charge is -2.13. The van der Waals surface area contributed by atoms with Crippen molar-refractivity contribution in [1.29, 1.82) is 0 Å². The maximum atomic E-state index is 5.86. The maximum Gasteiger partial charge on any atom is 0.125 e. The van der Waals surface area contributed by atoms with Crippen molar-refractivity contribution in [2.45, 2.75) is 32.8 Å². The minimum Gasteiger partial charge on any atom is -0.493 e. The molecule has 0 spiro atoms. The van der Waals surface area contributed by atoms with Crippen molar-refractivity contribution in [1.82, 2.24) is 4.98 Å². The number of anilines is 1. The molecule has 0 bridgehead atoms. The minimum absolute atomic E-state index is 0.117. The smallest absolute Gasteiger partial charge is 0.125 e. The lowest BCUT2D eigenvalue weighted by molar-refractivity contribution is 0.240. The van der Waals surface area contributed by atoms with E-state index in [-0.39, 0.29) is 6.10 Å². The molecule has 0 amide bonds. The number of pyridine rings is 1. The summed E-state index contributed by atoms with van der Waals surface area (Å²) in [4.78, 5) is 4.01. The molecule has 0 aliphatic rings. The Morgan fingerprint density at radius 3 is 2.52 bits per heavy atom. The molecule has 1 aromatic carbocycles. The Hall–Kier alpha value is -2.23. The van der Waals surface area contributed by atoms with Crippen LogP contribution in [0, 0.1) is 0 Å². The van der Waals surface area contributed by atoms with Gasteiger partial charge in [0.25, 0.3) is 0 Å². The number of benzene rings is 1. The molecule has 1 heterocycles. The molecule has 0 fully saturated rings. The Kier molecular flexibility index (Phi) is 5.43. The fourth-order valence-corrected chi connectivity index (χ4v) is 2.03. The van der Waals surface area contributed by atoms with Crippen LogP contribution in [0.4, 0.5) is 5.69 Å². The molecule has 2 aromatic rings. The monoisotopic (exact) mass is 286 g/mol. The van der Waals surface area contributed by atoms with Crippen molar-refractivity contribution < 1.29 is 9.47 Å². The standard InChI is InChI=1S/C17H22N2O2/c1-13(2)21-17-11-15(18)10-16(12-17)20-9-3-4-14-5-7-19-8-6-14/h5-8,10-13H,3-4,9,18H2,1-2H3. The van der Waals surface area contributed by atoms with Gasteiger partial charge >= 0.3 is 0 Å². The van der Waals surface area contributed by atoms with E-state index in [0.29, 0.717) is 12.3 Å². The van der Waals surface area contributed by atoms with Crippen LogP contribution in [-0.2, 0) is 6.42 Å². The van der Waals surface area contributed by atoms with Gasteiger partial charge in [0, 0.05) is 36.3 Å². The molecule has 2 rings (SSSR count). The van der Waals surface area contributed by atoms with E-state index in [1.165, 1.54) is 5.56 Å². The topological polar surface area (TPSA) is 57.4 Å². The summed E-state index contributed by atoms with van der Waals surface area (Å²) in [5.41, 5.74) is 7.78. The van der Waals surface area contributed by atoms with Crippen LogP contribution in [0.2, 0.25) is 0 Å². The van der Waals surface area contributed by atoms with Crippen LogP contribution < -0.4 is 15.2 Å². The van der Waals surface area contributed by atoms with Crippen LogP contribution in [0.15, 0.2) is 42.7 Å². The summed E-state index contributed by atoms with van der Waals surface area (Å²) in [5.74, 6) is 1.49. The zero-order valence-electron chi connectivity index (χ0n) is 12.6. The van der Waals surface area contributed by atoms with Gasteiger partial charge in [0.15, 0.2) is 0 Å². The minimum atomic E-state index is 0.117. The summed E-state index contributed by atoms with van der Waals surface area (Å²) in [5, 5.41) is 0. The molecule has 0 saturated heterocycles. The van der Waals surface area contributed by atoms with Gasteiger partial charge in [-0.05, 0) is 44.4 Å². The van der Waals surface area contributed by atoms with Crippen LogP contribution in [0.1, 0.15) is 25.8 Å². The molecule has 1 aromatic heterocycles. The average Bonchev–Trinajstić information content (AvgIpc) is 2.43.